The first kappa shape index (κ1) is 32.6. The summed E-state index contributed by atoms with van der Waals surface area (Å²) in [7, 11) is 3.15. The Morgan fingerprint density at radius 3 is 2.26 bits per heavy atom. The first-order chi connectivity index (χ1) is 20.5. The topological polar surface area (TPSA) is 82.1 Å². The number of halogens is 2. The number of carbonyl (C=O) groups excluding carboxylic acids is 1. The van der Waals surface area contributed by atoms with Gasteiger partial charge in [0.1, 0.15) is 5.75 Å². The van der Waals surface area contributed by atoms with Crippen molar-refractivity contribution in [2.45, 2.75) is 50.6 Å². The molecule has 0 aromatic heterocycles. The molecule has 3 aromatic rings. The fourth-order valence-corrected chi connectivity index (χ4v) is 6.21. The van der Waals surface area contributed by atoms with Gasteiger partial charge < -0.3 is 25.0 Å². The molecule has 1 unspecified atom stereocenters. The van der Waals surface area contributed by atoms with Crippen molar-refractivity contribution in [2.75, 3.05) is 33.8 Å². The van der Waals surface area contributed by atoms with Crippen molar-refractivity contribution in [3.63, 3.8) is 0 Å². The molecule has 43 heavy (non-hydrogen) atoms. The standard InChI is InChI=1S/C23H26Cl2N2O.C11H15NO3/c1-16(28)26-23(19-5-3-2-4-6-19)9-11-27(12-10-23)15-18-13-20(18)17-7-8-21(24)22(25)14-17;1-8(12(2)11(13)14)9-4-6-10(15-3)7-5-9/h2-8,14,18,20H,9-13,15H2,1H3,(H,26,28);4-8H,1-3H3,(H,13,14)/t18-,20+;/m0./s1. The second-order valence-electron chi connectivity index (χ2n) is 11.5. The molecule has 9 heteroatoms. The van der Waals surface area contributed by atoms with Crippen LogP contribution in [0.4, 0.5) is 4.79 Å². The molecule has 7 nitrogen and oxygen atoms in total. The number of rotatable bonds is 8. The van der Waals surface area contributed by atoms with E-state index in [1.54, 1.807) is 21.1 Å². The van der Waals surface area contributed by atoms with E-state index < -0.39 is 6.09 Å². The van der Waals surface area contributed by atoms with Crippen molar-refractivity contribution in [3.8, 4) is 5.75 Å². The molecular formula is C34H41Cl2N3O4. The Labute approximate surface area is 264 Å². The Morgan fingerprint density at radius 2 is 1.70 bits per heavy atom. The number of likely N-dealkylation sites (tertiary alicyclic amines) is 1. The van der Waals surface area contributed by atoms with Crippen molar-refractivity contribution in [3.05, 3.63) is 99.5 Å². The van der Waals surface area contributed by atoms with Crippen LogP contribution in [0.15, 0.2) is 72.8 Å². The number of carboxylic acid groups (broad SMARTS) is 1. The monoisotopic (exact) mass is 625 g/mol. The summed E-state index contributed by atoms with van der Waals surface area (Å²) in [6.45, 7) is 6.56. The zero-order chi connectivity index (χ0) is 31.1. The highest BCUT2D eigenvalue weighted by Crippen LogP contribution is 2.49. The molecule has 0 radical (unpaired) electrons. The summed E-state index contributed by atoms with van der Waals surface area (Å²) in [6, 6.07) is 23.6. The second-order valence-corrected chi connectivity index (χ2v) is 12.4. The van der Waals surface area contributed by atoms with E-state index >= 15 is 0 Å². The van der Waals surface area contributed by atoms with Crippen LogP contribution < -0.4 is 10.1 Å². The quantitative estimate of drug-likeness (QED) is 0.269. The third-order valence-electron chi connectivity index (χ3n) is 8.72. The van der Waals surface area contributed by atoms with Crippen molar-refractivity contribution in [1.29, 1.82) is 0 Å². The first-order valence-electron chi connectivity index (χ1n) is 14.6. The largest absolute Gasteiger partial charge is 0.497 e. The van der Waals surface area contributed by atoms with E-state index in [1.165, 1.54) is 22.4 Å². The predicted molar refractivity (Wildman–Crippen MR) is 172 cm³/mol. The Balaban J connectivity index is 0.000000239. The van der Waals surface area contributed by atoms with Crippen molar-refractivity contribution in [1.82, 2.24) is 15.1 Å². The van der Waals surface area contributed by atoms with E-state index in [0.717, 1.165) is 43.8 Å². The van der Waals surface area contributed by atoms with Crippen LogP contribution >= 0.6 is 23.2 Å². The Kier molecular flexibility index (Phi) is 11.0. The Hall–Kier alpha value is -3.26. The highest BCUT2D eigenvalue weighted by molar-refractivity contribution is 6.42. The molecule has 3 aromatic carbocycles. The van der Waals surface area contributed by atoms with Gasteiger partial charge in [0.15, 0.2) is 0 Å². The lowest BCUT2D eigenvalue weighted by Crippen LogP contribution is -2.52. The zero-order valence-corrected chi connectivity index (χ0v) is 26.7. The molecule has 2 amide bonds. The van der Waals surface area contributed by atoms with E-state index in [1.807, 2.05) is 49.4 Å². The number of nitrogens with zero attached hydrogens (tertiary/aromatic N) is 2. The van der Waals surface area contributed by atoms with Gasteiger partial charge in [-0.1, -0.05) is 71.7 Å². The Bertz CT molecular complexity index is 1380. The summed E-state index contributed by atoms with van der Waals surface area (Å²) in [5, 5.41) is 13.3. The van der Waals surface area contributed by atoms with Crippen LogP contribution in [0.2, 0.25) is 10.0 Å². The van der Waals surface area contributed by atoms with Gasteiger partial charge in [-0.3, -0.25) is 4.79 Å². The number of piperidine rings is 1. The third kappa shape index (κ3) is 8.43. The summed E-state index contributed by atoms with van der Waals surface area (Å²) >= 11 is 12.2. The van der Waals surface area contributed by atoms with Crippen LogP contribution in [0.25, 0.3) is 0 Å². The molecule has 230 valence electrons. The highest BCUT2D eigenvalue weighted by Gasteiger charge is 2.42. The maximum Gasteiger partial charge on any atom is 0.407 e. The van der Waals surface area contributed by atoms with Crippen LogP contribution in [0.5, 0.6) is 5.75 Å². The van der Waals surface area contributed by atoms with Crippen LogP contribution in [0.1, 0.15) is 61.8 Å². The van der Waals surface area contributed by atoms with Crippen molar-refractivity contribution in [2.24, 2.45) is 5.92 Å². The van der Waals surface area contributed by atoms with Gasteiger partial charge in [-0.2, -0.15) is 0 Å². The molecule has 2 aliphatic rings. The SMILES string of the molecule is CC(=O)NC1(c2ccccc2)CCN(C[C@@H]2C[C@@H]2c2ccc(Cl)c(Cl)c2)CC1.COc1ccc(C(C)N(C)C(=O)O)cc1. The van der Waals surface area contributed by atoms with Gasteiger partial charge in [0, 0.05) is 33.6 Å². The van der Waals surface area contributed by atoms with E-state index in [0.29, 0.717) is 21.9 Å². The molecule has 1 saturated carbocycles. The van der Waals surface area contributed by atoms with Crippen LogP contribution in [0.3, 0.4) is 0 Å². The minimum atomic E-state index is -0.932. The molecular weight excluding hydrogens is 585 g/mol. The van der Waals surface area contributed by atoms with Gasteiger partial charge in [-0.15, -0.1) is 0 Å². The molecule has 1 aliphatic carbocycles. The van der Waals surface area contributed by atoms with Gasteiger partial charge in [0.05, 0.1) is 28.7 Å². The zero-order valence-electron chi connectivity index (χ0n) is 25.2. The maximum atomic E-state index is 11.9. The number of amides is 2. The molecule has 2 N–H and O–H groups in total. The summed E-state index contributed by atoms with van der Waals surface area (Å²) in [6.07, 6.45) is 2.17. The summed E-state index contributed by atoms with van der Waals surface area (Å²) in [5.74, 6) is 2.08. The predicted octanol–water partition coefficient (Wildman–Crippen LogP) is 7.59. The minimum Gasteiger partial charge on any atom is -0.497 e. The number of ether oxygens (including phenoxy) is 1. The molecule has 0 bridgehead atoms. The summed E-state index contributed by atoms with van der Waals surface area (Å²) < 4.78 is 5.03. The summed E-state index contributed by atoms with van der Waals surface area (Å²) in [5.41, 5.74) is 3.22. The van der Waals surface area contributed by atoms with Gasteiger partial charge in [0.2, 0.25) is 5.91 Å². The van der Waals surface area contributed by atoms with Gasteiger partial charge >= 0.3 is 6.09 Å². The lowest BCUT2D eigenvalue weighted by molar-refractivity contribution is -0.121. The lowest BCUT2D eigenvalue weighted by atomic mass is 9.80. The molecule has 0 spiro atoms. The second kappa shape index (κ2) is 14.5. The normalized spacial score (nSPS) is 19.8. The van der Waals surface area contributed by atoms with Crippen LogP contribution in [-0.2, 0) is 10.3 Å². The number of benzene rings is 3. The molecule has 3 atom stereocenters. The number of methoxy groups -OCH3 is 1. The van der Waals surface area contributed by atoms with Gasteiger partial charge in [0.25, 0.3) is 0 Å². The van der Waals surface area contributed by atoms with E-state index in [4.69, 9.17) is 33.0 Å². The number of hydrogen-bond acceptors (Lipinski definition) is 4. The average Bonchev–Trinajstić information content (AvgIpc) is 3.78. The van der Waals surface area contributed by atoms with E-state index in [-0.39, 0.29) is 17.5 Å². The molecule has 2 fully saturated rings. The summed E-state index contributed by atoms with van der Waals surface area (Å²) in [4.78, 5) is 26.4. The van der Waals surface area contributed by atoms with E-state index in [2.05, 4.69) is 40.5 Å². The molecule has 1 saturated heterocycles. The van der Waals surface area contributed by atoms with Crippen molar-refractivity contribution < 1.29 is 19.4 Å². The van der Waals surface area contributed by atoms with Crippen LogP contribution in [0, 0.1) is 5.92 Å². The highest BCUT2D eigenvalue weighted by atomic mass is 35.5. The third-order valence-corrected chi connectivity index (χ3v) is 9.46. The lowest BCUT2D eigenvalue weighted by Gasteiger charge is -2.43. The number of carbonyl (C=O) groups is 2. The average molecular weight is 627 g/mol. The first-order valence-corrected chi connectivity index (χ1v) is 15.4. The number of nitrogens with one attached hydrogen (secondary N) is 1. The van der Waals surface area contributed by atoms with E-state index in [9.17, 15) is 9.59 Å². The molecule has 5 rings (SSSR count). The maximum absolute atomic E-state index is 11.9. The Morgan fingerprint density at radius 1 is 1.05 bits per heavy atom. The smallest absolute Gasteiger partial charge is 0.407 e. The van der Waals surface area contributed by atoms with Gasteiger partial charge in [-0.25, -0.2) is 4.79 Å². The molecule has 1 aliphatic heterocycles. The van der Waals surface area contributed by atoms with Crippen molar-refractivity contribution >= 4 is 35.2 Å². The molecule has 1 heterocycles. The fourth-order valence-electron chi connectivity index (χ4n) is 5.90. The number of hydrogen-bond donors (Lipinski definition) is 2. The minimum absolute atomic E-state index is 0.0409. The fraction of sp³-hybridized carbons (Fsp3) is 0.412. The van der Waals surface area contributed by atoms with Crippen LogP contribution in [-0.4, -0.2) is 60.7 Å². The van der Waals surface area contributed by atoms with Gasteiger partial charge in [-0.05, 0) is 79.0 Å².